The molecule has 2 unspecified atom stereocenters. The van der Waals surface area contributed by atoms with Crippen LogP contribution in [0.4, 0.5) is 0 Å². The molecule has 0 aromatic rings. The van der Waals surface area contributed by atoms with Crippen LogP contribution in [0.3, 0.4) is 0 Å². The summed E-state index contributed by atoms with van der Waals surface area (Å²) in [5, 5.41) is 20.6. The minimum atomic E-state index is -1.09. The average Bonchev–Trinajstić information content (AvgIpc) is 2.64. The molecule has 2 atom stereocenters. The minimum absolute atomic E-state index is 0.160. The summed E-state index contributed by atoms with van der Waals surface area (Å²) in [5.41, 5.74) is 0. The van der Waals surface area contributed by atoms with Gasteiger partial charge in [0.25, 0.3) is 0 Å². The van der Waals surface area contributed by atoms with Gasteiger partial charge in [-0.2, -0.15) is 0 Å². The summed E-state index contributed by atoms with van der Waals surface area (Å²) in [5.74, 6) is -3.06. The lowest BCUT2D eigenvalue weighted by molar-refractivity contribution is -0.150. The van der Waals surface area contributed by atoms with E-state index in [1.165, 1.54) is 6.92 Å². The molecular weight excluding hydrogens is 198 g/mol. The van der Waals surface area contributed by atoms with Crippen LogP contribution in [0.5, 0.6) is 0 Å². The van der Waals surface area contributed by atoms with Gasteiger partial charge >= 0.3 is 11.9 Å². The van der Waals surface area contributed by atoms with Crippen LogP contribution in [0, 0.1) is 5.92 Å². The van der Waals surface area contributed by atoms with Crippen LogP contribution >= 0.6 is 0 Å². The summed E-state index contributed by atoms with van der Waals surface area (Å²) in [6.45, 7) is 1.42. The van der Waals surface area contributed by atoms with Crippen molar-refractivity contribution >= 4 is 11.9 Å². The van der Waals surface area contributed by atoms with Gasteiger partial charge in [-0.1, -0.05) is 12.8 Å². The van der Waals surface area contributed by atoms with E-state index >= 15 is 0 Å². The predicted molar refractivity (Wildman–Crippen MR) is 53.6 cm³/mol. The van der Waals surface area contributed by atoms with Crippen molar-refractivity contribution in [2.24, 2.45) is 5.92 Å². The largest absolute Gasteiger partial charge is 0.481 e. The second-order valence-electron chi connectivity index (χ2n) is 4.09. The zero-order valence-electron chi connectivity index (χ0n) is 8.77. The summed E-state index contributed by atoms with van der Waals surface area (Å²) >= 11 is 0. The first kappa shape index (κ1) is 12.0. The Balaban J connectivity index is 2.57. The van der Waals surface area contributed by atoms with Gasteiger partial charge < -0.3 is 15.5 Å². The fourth-order valence-corrected chi connectivity index (χ4v) is 1.92. The highest BCUT2D eigenvalue weighted by Gasteiger charge is 2.32. The van der Waals surface area contributed by atoms with Crippen molar-refractivity contribution < 1.29 is 19.8 Å². The fourth-order valence-electron chi connectivity index (χ4n) is 1.92. The summed E-state index contributed by atoms with van der Waals surface area (Å²) in [4.78, 5) is 21.6. The molecule has 15 heavy (non-hydrogen) atoms. The molecule has 0 heterocycles. The monoisotopic (exact) mass is 215 g/mol. The molecule has 1 fully saturated rings. The SMILES string of the molecule is CC(C(=O)O)C(NC1CCCC1)C(=O)O. The van der Waals surface area contributed by atoms with Crippen molar-refractivity contribution in [2.75, 3.05) is 0 Å². The summed E-state index contributed by atoms with van der Waals surface area (Å²) in [6.07, 6.45) is 4.06. The zero-order valence-corrected chi connectivity index (χ0v) is 8.77. The molecule has 0 aliphatic heterocycles. The molecule has 1 saturated carbocycles. The van der Waals surface area contributed by atoms with Crippen LogP contribution in [0.25, 0.3) is 0 Å². The van der Waals surface area contributed by atoms with Crippen LogP contribution in [0.2, 0.25) is 0 Å². The lowest BCUT2D eigenvalue weighted by atomic mass is 10.0. The average molecular weight is 215 g/mol. The molecule has 1 aliphatic carbocycles. The third-order valence-corrected chi connectivity index (χ3v) is 2.93. The molecule has 1 aliphatic rings. The molecule has 0 spiro atoms. The van der Waals surface area contributed by atoms with E-state index in [2.05, 4.69) is 5.32 Å². The van der Waals surface area contributed by atoms with Gasteiger partial charge in [0.05, 0.1) is 5.92 Å². The number of carboxylic acid groups (broad SMARTS) is 2. The number of aliphatic carboxylic acids is 2. The van der Waals surface area contributed by atoms with Gasteiger partial charge in [0.2, 0.25) is 0 Å². The van der Waals surface area contributed by atoms with Gasteiger partial charge in [0.1, 0.15) is 6.04 Å². The second kappa shape index (κ2) is 5.11. The lowest BCUT2D eigenvalue weighted by Crippen LogP contribution is -2.48. The van der Waals surface area contributed by atoms with Gasteiger partial charge in [-0.3, -0.25) is 9.59 Å². The molecule has 5 heteroatoms. The van der Waals surface area contributed by atoms with Gasteiger partial charge in [0, 0.05) is 6.04 Å². The summed E-state index contributed by atoms with van der Waals surface area (Å²) < 4.78 is 0. The van der Waals surface area contributed by atoms with Gasteiger partial charge in [-0.25, -0.2) is 0 Å². The molecule has 86 valence electrons. The molecule has 0 bridgehead atoms. The van der Waals surface area contributed by atoms with Crippen molar-refractivity contribution in [3.05, 3.63) is 0 Å². The molecule has 0 radical (unpaired) electrons. The maximum Gasteiger partial charge on any atom is 0.321 e. The first-order valence-electron chi connectivity index (χ1n) is 5.24. The number of hydrogen-bond donors (Lipinski definition) is 3. The van der Waals surface area contributed by atoms with E-state index < -0.39 is 23.9 Å². The highest BCUT2D eigenvalue weighted by Crippen LogP contribution is 2.19. The van der Waals surface area contributed by atoms with E-state index in [4.69, 9.17) is 10.2 Å². The number of hydrogen-bond acceptors (Lipinski definition) is 3. The van der Waals surface area contributed by atoms with Crippen molar-refractivity contribution in [3.8, 4) is 0 Å². The molecule has 0 aromatic carbocycles. The number of carboxylic acids is 2. The Kier molecular flexibility index (Phi) is 4.08. The van der Waals surface area contributed by atoms with Crippen LogP contribution in [-0.2, 0) is 9.59 Å². The topological polar surface area (TPSA) is 86.6 Å². The van der Waals surface area contributed by atoms with Crippen molar-refractivity contribution in [1.82, 2.24) is 5.32 Å². The molecule has 3 N–H and O–H groups in total. The molecule has 1 rings (SSSR count). The smallest absolute Gasteiger partial charge is 0.321 e. The molecule has 0 aromatic heterocycles. The van der Waals surface area contributed by atoms with E-state index in [1.807, 2.05) is 0 Å². The first-order valence-corrected chi connectivity index (χ1v) is 5.24. The third kappa shape index (κ3) is 3.20. The Morgan fingerprint density at radius 3 is 2.13 bits per heavy atom. The molecular formula is C10H17NO4. The number of carbonyl (C=O) groups is 2. The van der Waals surface area contributed by atoms with E-state index in [0.29, 0.717) is 0 Å². The highest BCUT2D eigenvalue weighted by atomic mass is 16.4. The minimum Gasteiger partial charge on any atom is -0.481 e. The summed E-state index contributed by atoms with van der Waals surface area (Å²) in [6, 6.07) is -0.821. The highest BCUT2D eigenvalue weighted by molar-refractivity contribution is 5.82. The predicted octanol–water partition coefficient (Wildman–Crippen LogP) is 0.692. The standard InChI is InChI=1S/C10H17NO4/c1-6(9(12)13)8(10(14)15)11-7-4-2-3-5-7/h6-8,11H,2-5H2,1H3,(H,12,13)(H,14,15). The Morgan fingerprint density at radius 1 is 1.20 bits per heavy atom. The maximum atomic E-state index is 10.9. The molecule has 0 amide bonds. The molecule has 0 saturated heterocycles. The van der Waals surface area contributed by atoms with Crippen molar-refractivity contribution in [2.45, 2.75) is 44.7 Å². The Hall–Kier alpha value is -1.10. The van der Waals surface area contributed by atoms with E-state index in [-0.39, 0.29) is 6.04 Å². The van der Waals surface area contributed by atoms with Gasteiger partial charge in [-0.15, -0.1) is 0 Å². The maximum absolute atomic E-state index is 10.9. The van der Waals surface area contributed by atoms with Crippen molar-refractivity contribution in [3.63, 3.8) is 0 Å². The van der Waals surface area contributed by atoms with Crippen LogP contribution in [0.1, 0.15) is 32.6 Å². The molecule has 5 nitrogen and oxygen atoms in total. The normalized spacial score (nSPS) is 21.1. The van der Waals surface area contributed by atoms with Crippen LogP contribution in [0.15, 0.2) is 0 Å². The fraction of sp³-hybridized carbons (Fsp3) is 0.800. The first-order chi connectivity index (χ1) is 7.02. The van der Waals surface area contributed by atoms with Gasteiger partial charge in [-0.05, 0) is 19.8 Å². The third-order valence-electron chi connectivity index (χ3n) is 2.93. The Morgan fingerprint density at radius 2 is 1.73 bits per heavy atom. The van der Waals surface area contributed by atoms with Crippen LogP contribution < -0.4 is 5.32 Å². The van der Waals surface area contributed by atoms with E-state index in [9.17, 15) is 9.59 Å². The van der Waals surface area contributed by atoms with Crippen LogP contribution in [-0.4, -0.2) is 34.2 Å². The van der Waals surface area contributed by atoms with E-state index in [1.54, 1.807) is 0 Å². The van der Waals surface area contributed by atoms with Crippen molar-refractivity contribution in [1.29, 1.82) is 0 Å². The zero-order chi connectivity index (χ0) is 11.4. The Labute approximate surface area is 88.5 Å². The number of nitrogens with one attached hydrogen (secondary N) is 1. The quantitative estimate of drug-likeness (QED) is 0.628. The van der Waals surface area contributed by atoms with E-state index in [0.717, 1.165) is 25.7 Å². The van der Waals surface area contributed by atoms with Gasteiger partial charge in [0.15, 0.2) is 0 Å². The lowest BCUT2D eigenvalue weighted by Gasteiger charge is -2.22. The number of rotatable bonds is 5. The Bertz CT molecular complexity index is 248. The second-order valence-corrected chi connectivity index (χ2v) is 4.09. The summed E-state index contributed by atoms with van der Waals surface area (Å²) in [7, 11) is 0.